The molecule has 0 unspecified atom stereocenters. The minimum atomic E-state index is -0.684. The normalized spacial score (nSPS) is 12.1. The molecule has 2 aromatic carbocycles. The van der Waals surface area contributed by atoms with Gasteiger partial charge in [-0.25, -0.2) is 0 Å². The summed E-state index contributed by atoms with van der Waals surface area (Å²) in [5.74, 6) is 3.00. The third-order valence-corrected chi connectivity index (χ3v) is 4.73. The van der Waals surface area contributed by atoms with Gasteiger partial charge in [0.15, 0.2) is 23.0 Å². The lowest BCUT2D eigenvalue weighted by Gasteiger charge is -2.23. The third-order valence-electron chi connectivity index (χ3n) is 4.73. The highest BCUT2D eigenvalue weighted by molar-refractivity contribution is 5.56. The summed E-state index contributed by atoms with van der Waals surface area (Å²) in [5.41, 5.74) is 1.95. The monoisotopic (exact) mass is 431 g/mol. The van der Waals surface area contributed by atoms with Crippen molar-refractivity contribution in [2.75, 3.05) is 48.6 Å². The summed E-state index contributed by atoms with van der Waals surface area (Å²) in [7, 11) is 8.28. The van der Waals surface area contributed by atoms with Gasteiger partial charge in [0.1, 0.15) is 12.7 Å². The molecule has 0 fully saturated rings. The molecule has 0 bridgehead atoms. The summed E-state index contributed by atoms with van der Waals surface area (Å²) in [6, 6.07) is 9.46. The molecule has 0 radical (unpaired) electrons. The first-order valence-electron chi connectivity index (χ1n) is 10.0. The Kier molecular flexibility index (Phi) is 9.49. The van der Waals surface area contributed by atoms with Gasteiger partial charge in [-0.15, -0.1) is 0 Å². The van der Waals surface area contributed by atoms with Gasteiger partial charge in [-0.1, -0.05) is 24.3 Å². The Morgan fingerprint density at radius 2 is 1.58 bits per heavy atom. The SMILES string of the molecule is C/C=C/c1ccc(OC[C@H](O)CN(C)Cc2ccc(OC)c(OC)c2OC)c(OC)c1. The Hall–Kier alpha value is -2.90. The summed E-state index contributed by atoms with van der Waals surface area (Å²) in [4.78, 5) is 1.99. The first kappa shape index (κ1) is 24.4. The smallest absolute Gasteiger partial charge is 0.203 e. The lowest BCUT2D eigenvalue weighted by atomic mass is 10.1. The van der Waals surface area contributed by atoms with E-state index in [-0.39, 0.29) is 6.61 Å². The molecule has 1 atom stereocenters. The Morgan fingerprint density at radius 3 is 2.19 bits per heavy atom. The maximum Gasteiger partial charge on any atom is 0.203 e. The number of methoxy groups -OCH3 is 4. The molecule has 0 aliphatic heterocycles. The number of allylic oxidation sites excluding steroid dienone is 1. The fourth-order valence-electron chi connectivity index (χ4n) is 3.34. The molecular weight excluding hydrogens is 398 g/mol. The molecule has 7 heteroatoms. The standard InChI is InChI=1S/C24H33NO6/c1-7-8-17-9-11-20(22(13-17)28-4)31-16-19(26)15-25(2)14-18-10-12-21(27-3)24(30-6)23(18)29-5/h7-13,19,26H,14-16H2,1-6H3/b8-7+/t19-/m1/s1. The van der Waals surface area contributed by atoms with Gasteiger partial charge in [-0.2, -0.15) is 0 Å². The maximum absolute atomic E-state index is 10.5. The average Bonchev–Trinajstić information content (AvgIpc) is 2.77. The fourth-order valence-corrected chi connectivity index (χ4v) is 3.34. The Morgan fingerprint density at radius 1 is 0.903 bits per heavy atom. The molecule has 0 saturated heterocycles. The predicted molar refractivity (Wildman–Crippen MR) is 122 cm³/mol. The van der Waals surface area contributed by atoms with Crippen molar-refractivity contribution in [3.63, 3.8) is 0 Å². The number of rotatable bonds is 12. The maximum atomic E-state index is 10.5. The minimum Gasteiger partial charge on any atom is -0.493 e. The summed E-state index contributed by atoms with van der Waals surface area (Å²) in [6.45, 7) is 3.08. The second kappa shape index (κ2) is 12.1. The first-order valence-corrected chi connectivity index (χ1v) is 10.0. The van der Waals surface area contributed by atoms with Gasteiger partial charge in [0, 0.05) is 18.7 Å². The van der Waals surface area contributed by atoms with Crippen LogP contribution in [-0.2, 0) is 6.54 Å². The molecular formula is C24H33NO6. The van der Waals surface area contributed by atoms with E-state index in [9.17, 15) is 5.11 Å². The topological polar surface area (TPSA) is 69.6 Å². The zero-order valence-electron chi connectivity index (χ0n) is 19.2. The van der Waals surface area contributed by atoms with Crippen LogP contribution in [0.25, 0.3) is 6.08 Å². The van der Waals surface area contributed by atoms with Crippen LogP contribution in [0.5, 0.6) is 28.7 Å². The quantitative estimate of drug-likeness (QED) is 0.550. The van der Waals surface area contributed by atoms with Crippen molar-refractivity contribution in [2.45, 2.75) is 19.6 Å². The molecule has 0 heterocycles. The Labute approximate surface area is 184 Å². The van der Waals surface area contributed by atoms with Crippen LogP contribution >= 0.6 is 0 Å². The van der Waals surface area contributed by atoms with Gasteiger partial charge < -0.3 is 28.8 Å². The summed E-state index contributed by atoms with van der Waals surface area (Å²) in [6.07, 6.45) is 3.26. The number of nitrogens with zero attached hydrogens (tertiary/aromatic N) is 1. The molecule has 170 valence electrons. The van der Waals surface area contributed by atoms with Crippen LogP contribution in [-0.4, -0.2) is 64.7 Å². The molecule has 0 spiro atoms. The molecule has 0 amide bonds. The lowest BCUT2D eigenvalue weighted by molar-refractivity contribution is 0.0730. The summed E-state index contributed by atoms with van der Waals surface area (Å²) >= 11 is 0. The van der Waals surface area contributed by atoms with E-state index in [0.717, 1.165) is 11.1 Å². The van der Waals surface area contributed by atoms with Crippen molar-refractivity contribution in [2.24, 2.45) is 0 Å². The highest BCUT2D eigenvalue weighted by atomic mass is 16.5. The van der Waals surface area contributed by atoms with Crippen molar-refractivity contribution >= 4 is 6.08 Å². The van der Waals surface area contributed by atoms with E-state index in [4.69, 9.17) is 23.7 Å². The van der Waals surface area contributed by atoms with E-state index in [0.29, 0.717) is 41.8 Å². The van der Waals surface area contributed by atoms with E-state index in [1.807, 2.05) is 61.4 Å². The molecule has 0 saturated carbocycles. The number of aliphatic hydroxyl groups is 1. The number of ether oxygens (including phenoxy) is 5. The molecule has 0 aliphatic carbocycles. The van der Waals surface area contributed by atoms with Crippen molar-refractivity contribution in [3.8, 4) is 28.7 Å². The number of hydrogen-bond donors (Lipinski definition) is 1. The van der Waals surface area contributed by atoms with Crippen molar-refractivity contribution < 1.29 is 28.8 Å². The number of aliphatic hydroxyl groups excluding tert-OH is 1. The van der Waals surface area contributed by atoms with E-state index >= 15 is 0 Å². The van der Waals surface area contributed by atoms with Gasteiger partial charge in [0.05, 0.1) is 28.4 Å². The van der Waals surface area contributed by atoms with Crippen LogP contribution in [0, 0.1) is 0 Å². The zero-order valence-corrected chi connectivity index (χ0v) is 19.2. The molecule has 2 aromatic rings. The van der Waals surface area contributed by atoms with Crippen LogP contribution in [0.2, 0.25) is 0 Å². The average molecular weight is 432 g/mol. The third kappa shape index (κ3) is 6.54. The van der Waals surface area contributed by atoms with Crippen molar-refractivity contribution in [1.82, 2.24) is 4.90 Å². The van der Waals surface area contributed by atoms with Crippen LogP contribution in [0.4, 0.5) is 0 Å². The number of benzene rings is 2. The highest BCUT2D eigenvalue weighted by Gasteiger charge is 2.18. The highest BCUT2D eigenvalue weighted by Crippen LogP contribution is 2.40. The van der Waals surface area contributed by atoms with E-state index in [1.54, 1.807) is 28.4 Å². The van der Waals surface area contributed by atoms with Crippen molar-refractivity contribution in [1.29, 1.82) is 0 Å². The molecule has 1 N–H and O–H groups in total. The van der Waals surface area contributed by atoms with Gasteiger partial charge >= 0.3 is 0 Å². The van der Waals surface area contributed by atoms with Crippen LogP contribution in [0.15, 0.2) is 36.4 Å². The summed E-state index contributed by atoms with van der Waals surface area (Å²) in [5, 5.41) is 10.5. The van der Waals surface area contributed by atoms with Crippen LogP contribution in [0.3, 0.4) is 0 Å². The number of hydrogen-bond acceptors (Lipinski definition) is 7. The Bertz CT molecular complexity index is 867. The predicted octanol–water partition coefficient (Wildman–Crippen LogP) is 3.63. The van der Waals surface area contributed by atoms with Gasteiger partial charge in [0.2, 0.25) is 5.75 Å². The van der Waals surface area contributed by atoms with E-state index < -0.39 is 6.10 Å². The molecule has 0 aliphatic rings. The summed E-state index contributed by atoms with van der Waals surface area (Å²) < 4.78 is 27.5. The molecule has 31 heavy (non-hydrogen) atoms. The Balaban J connectivity index is 1.98. The second-order valence-corrected chi connectivity index (χ2v) is 7.07. The van der Waals surface area contributed by atoms with Crippen LogP contribution in [0.1, 0.15) is 18.1 Å². The van der Waals surface area contributed by atoms with Gasteiger partial charge in [0.25, 0.3) is 0 Å². The van der Waals surface area contributed by atoms with Crippen LogP contribution < -0.4 is 23.7 Å². The van der Waals surface area contributed by atoms with Gasteiger partial charge in [-0.3, -0.25) is 4.90 Å². The minimum absolute atomic E-state index is 0.146. The van der Waals surface area contributed by atoms with Gasteiger partial charge in [-0.05, 0) is 37.7 Å². The second-order valence-electron chi connectivity index (χ2n) is 7.07. The van der Waals surface area contributed by atoms with E-state index in [1.165, 1.54) is 0 Å². The molecule has 0 aromatic heterocycles. The van der Waals surface area contributed by atoms with Crippen molar-refractivity contribution in [3.05, 3.63) is 47.5 Å². The molecule has 7 nitrogen and oxygen atoms in total. The molecule has 2 rings (SSSR count). The first-order chi connectivity index (χ1) is 15.0. The van der Waals surface area contributed by atoms with E-state index in [2.05, 4.69) is 0 Å². The zero-order chi connectivity index (χ0) is 22.8. The number of likely N-dealkylation sites (N-methyl/N-ethyl adjacent to an activating group) is 1. The lowest BCUT2D eigenvalue weighted by Crippen LogP contribution is -2.33. The largest absolute Gasteiger partial charge is 0.493 e. The fraction of sp³-hybridized carbons (Fsp3) is 0.417.